The lowest BCUT2D eigenvalue weighted by atomic mass is 10.3. The fourth-order valence-electron chi connectivity index (χ4n) is 1.89. The highest BCUT2D eigenvalue weighted by Gasteiger charge is 2.05. The van der Waals surface area contributed by atoms with Gasteiger partial charge in [-0.05, 0) is 18.2 Å². The van der Waals surface area contributed by atoms with Crippen LogP contribution in [0.2, 0.25) is 0 Å². The van der Waals surface area contributed by atoms with Gasteiger partial charge in [0.15, 0.2) is 11.0 Å². The monoisotopic (exact) mass is 289 g/mol. The Balaban J connectivity index is 1.65. The summed E-state index contributed by atoms with van der Waals surface area (Å²) in [6.07, 6.45) is 2.49. The molecule has 0 saturated heterocycles. The van der Waals surface area contributed by atoms with Gasteiger partial charge in [0.1, 0.15) is 12.1 Å². The van der Waals surface area contributed by atoms with Crippen LogP contribution in [0.15, 0.2) is 24.5 Å². The summed E-state index contributed by atoms with van der Waals surface area (Å²) < 4.78 is 8.03. The maximum Gasteiger partial charge on any atom is 0.183 e. The van der Waals surface area contributed by atoms with Gasteiger partial charge in [-0.1, -0.05) is 11.3 Å². The van der Waals surface area contributed by atoms with Crippen LogP contribution in [0.3, 0.4) is 0 Å². The van der Waals surface area contributed by atoms with Crippen LogP contribution in [0.25, 0.3) is 10.2 Å². The Kier molecular flexibility index (Phi) is 3.51. The molecule has 104 valence electrons. The molecule has 0 aliphatic rings. The Bertz CT molecular complexity index is 720. The van der Waals surface area contributed by atoms with Gasteiger partial charge in [0.2, 0.25) is 0 Å². The number of thiazole rings is 1. The van der Waals surface area contributed by atoms with E-state index in [0.29, 0.717) is 0 Å². The summed E-state index contributed by atoms with van der Waals surface area (Å²) in [6.45, 7) is 0.765. The molecule has 0 radical (unpaired) electrons. The lowest BCUT2D eigenvalue weighted by Crippen LogP contribution is -2.06. The molecular formula is C13H15N5OS. The fraction of sp³-hybridized carbons (Fsp3) is 0.308. The van der Waals surface area contributed by atoms with Gasteiger partial charge in [0.25, 0.3) is 0 Å². The van der Waals surface area contributed by atoms with Crippen molar-refractivity contribution >= 4 is 26.7 Å². The minimum atomic E-state index is 0.765. The average molecular weight is 289 g/mol. The van der Waals surface area contributed by atoms with E-state index in [1.165, 1.54) is 0 Å². The van der Waals surface area contributed by atoms with Gasteiger partial charge in [-0.25, -0.2) is 9.97 Å². The fourth-order valence-corrected chi connectivity index (χ4v) is 2.81. The van der Waals surface area contributed by atoms with Gasteiger partial charge in [-0.3, -0.25) is 4.68 Å². The topological polar surface area (TPSA) is 64.9 Å². The number of anilines is 1. The maximum atomic E-state index is 5.21. The Labute approximate surface area is 120 Å². The first kappa shape index (κ1) is 12.9. The number of fused-ring (bicyclic) bond motifs is 1. The van der Waals surface area contributed by atoms with Crippen LogP contribution < -0.4 is 10.1 Å². The van der Waals surface area contributed by atoms with Crippen molar-refractivity contribution in [1.29, 1.82) is 0 Å². The van der Waals surface area contributed by atoms with Crippen molar-refractivity contribution in [1.82, 2.24) is 19.7 Å². The van der Waals surface area contributed by atoms with Crippen LogP contribution in [0.1, 0.15) is 5.82 Å². The normalized spacial score (nSPS) is 10.9. The van der Waals surface area contributed by atoms with Gasteiger partial charge >= 0.3 is 0 Å². The third-order valence-electron chi connectivity index (χ3n) is 2.87. The van der Waals surface area contributed by atoms with Crippen LogP contribution in [0, 0.1) is 0 Å². The van der Waals surface area contributed by atoms with Crippen LogP contribution in [-0.4, -0.2) is 33.4 Å². The van der Waals surface area contributed by atoms with E-state index in [1.54, 1.807) is 29.5 Å². The predicted octanol–water partition coefficient (Wildman–Crippen LogP) is 2.09. The van der Waals surface area contributed by atoms with E-state index in [9.17, 15) is 0 Å². The first-order valence-electron chi connectivity index (χ1n) is 6.27. The number of benzene rings is 1. The zero-order valence-electron chi connectivity index (χ0n) is 11.3. The van der Waals surface area contributed by atoms with Crippen molar-refractivity contribution in [3.8, 4) is 5.75 Å². The number of hydrogen-bond donors (Lipinski definition) is 1. The van der Waals surface area contributed by atoms with E-state index in [-0.39, 0.29) is 0 Å². The molecule has 3 rings (SSSR count). The van der Waals surface area contributed by atoms with E-state index in [1.807, 2.05) is 25.2 Å². The summed E-state index contributed by atoms with van der Waals surface area (Å²) >= 11 is 1.62. The lowest BCUT2D eigenvalue weighted by molar-refractivity contribution is 0.415. The van der Waals surface area contributed by atoms with Gasteiger partial charge in [0.05, 0.1) is 17.3 Å². The van der Waals surface area contributed by atoms with Gasteiger partial charge in [-0.15, -0.1) is 0 Å². The molecule has 0 amide bonds. The third kappa shape index (κ3) is 2.72. The molecule has 7 heteroatoms. The van der Waals surface area contributed by atoms with Crippen LogP contribution >= 0.6 is 11.3 Å². The number of rotatable bonds is 5. The van der Waals surface area contributed by atoms with Crippen molar-refractivity contribution in [2.75, 3.05) is 19.0 Å². The van der Waals surface area contributed by atoms with Crippen molar-refractivity contribution in [2.45, 2.75) is 6.42 Å². The highest BCUT2D eigenvalue weighted by atomic mass is 32.1. The molecule has 0 atom stereocenters. The molecule has 0 aliphatic heterocycles. The number of aromatic nitrogens is 4. The molecule has 6 nitrogen and oxygen atoms in total. The van der Waals surface area contributed by atoms with Crippen LogP contribution in [0.4, 0.5) is 5.13 Å². The smallest absolute Gasteiger partial charge is 0.183 e. The zero-order chi connectivity index (χ0) is 13.9. The Morgan fingerprint density at radius 3 is 3.05 bits per heavy atom. The highest BCUT2D eigenvalue weighted by Crippen LogP contribution is 2.28. The van der Waals surface area contributed by atoms with E-state index in [2.05, 4.69) is 20.4 Å². The molecular weight excluding hydrogens is 274 g/mol. The summed E-state index contributed by atoms with van der Waals surface area (Å²) in [5.41, 5.74) is 0.981. The molecule has 3 aromatic rings. The van der Waals surface area contributed by atoms with Crippen molar-refractivity contribution in [3.05, 3.63) is 30.4 Å². The standard InChI is InChI=1S/C13H15N5OS/c1-18-8-15-12(17-18)5-6-14-13-16-10-4-3-9(19-2)7-11(10)20-13/h3-4,7-8H,5-6H2,1-2H3,(H,14,16). The highest BCUT2D eigenvalue weighted by molar-refractivity contribution is 7.22. The number of nitrogens with zero attached hydrogens (tertiary/aromatic N) is 4. The molecule has 2 heterocycles. The maximum absolute atomic E-state index is 5.21. The van der Waals surface area contributed by atoms with Crippen LogP contribution in [-0.2, 0) is 13.5 Å². The quantitative estimate of drug-likeness (QED) is 0.779. The summed E-state index contributed by atoms with van der Waals surface area (Å²) in [4.78, 5) is 8.72. The number of nitrogens with one attached hydrogen (secondary N) is 1. The Hall–Kier alpha value is -2.15. The molecule has 0 unspecified atom stereocenters. The predicted molar refractivity (Wildman–Crippen MR) is 79.4 cm³/mol. The summed E-state index contributed by atoms with van der Waals surface area (Å²) in [5.74, 6) is 1.69. The second-order valence-corrected chi connectivity index (χ2v) is 5.39. The molecule has 2 aromatic heterocycles. The summed E-state index contributed by atoms with van der Waals surface area (Å²) in [5, 5.41) is 8.45. The Morgan fingerprint density at radius 1 is 1.40 bits per heavy atom. The average Bonchev–Trinajstić information content (AvgIpc) is 3.03. The second-order valence-electron chi connectivity index (χ2n) is 4.36. The minimum absolute atomic E-state index is 0.765. The van der Waals surface area contributed by atoms with Crippen molar-refractivity contribution in [3.63, 3.8) is 0 Å². The first-order chi connectivity index (χ1) is 9.74. The number of ether oxygens (including phenoxy) is 1. The van der Waals surface area contributed by atoms with Gasteiger partial charge < -0.3 is 10.1 Å². The zero-order valence-corrected chi connectivity index (χ0v) is 12.1. The SMILES string of the molecule is COc1ccc2nc(NCCc3ncn(C)n3)sc2c1. The molecule has 0 aliphatic carbocycles. The van der Waals surface area contributed by atoms with E-state index >= 15 is 0 Å². The molecule has 1 aromatic carbocycles. The van der Waals surface area contributed by atoms with E-state index < -0.39 is 0 Å². The number of methoxy groups -OCH3 is 1. The first-order valence-corrected chi connectivity index (χ1v) is 7.09. The van der Waals surface area contributed by atoms with Crippen molar-refractivity contribution < 1.29 is 4.74 Å². The molecule has 0 saturated carbocycles. The number of hydrogen-bond acceptors (Lipinski definition) is 6. The number of aryl methyl sites for hydroxylation is 1. The van der Waals surface area contributed by atoms with Crippen LogP contribution in [0.5, 0.6) is 5.75 Å². The lowest BCUT2D eigenvalue weighted by Gasteiger charge is -1.98. The van der Waals surface area contributed by atoms with E-state index in [0.717, 1.165) is 39.9 Å². The summed E-state index contributed by atoms with van der Waals surface area (Å²) in [6, 6.07) is 5.89. The molecule has 20 heavy (non-hydrogen) atoms. The summed E-state index contributed by atoms with van der Waals surface area (Å²) in [7, 11) is 3.53. The molecule has 0 spiro atoms. The minimum Gasteiger partial charge on any atom is -0.497 e. The molecule has 1 N–H and O–H groups in total. The van der Waals surface area contributed by atoms with Gasteiger partial charge in [0, 0.05) is 20.0 Å². The van der Waals surface area contributed by atoms with Crippen molar-refractivity contribution in [2.24, 2.45) is 7.05 Å². The molecule has 0 fully saturated rings. The Morgan fingerprint density at radius 2 is 2.30 bits per heavy atom. The third-order valence-corrected chi connectivity index (χ3v) is 3.84. The van der Waals surface area contributed by atoms with E-state index in [4.69, 9.17) is 4.74 Å². The largest absolute Gasteiger partial charge is 0.497 e. The molecule has 0 bridgehead atoms. The van der Waals surface area contributed by atoms with Gasteiger partial charge in [-0.2, -0.15) is 5.10 Å². The second kappa shape index (κ2) is 5.46.